The predicted molar refractivity (Wildman–Crippen MR) is 107 cm³/mol. The van der Waals surface area contributed by atoms with E-state index in [9.17, 15) is 0 Å². The lowest BCUT2D eigenvalue weighted by Crippen LogP contribution is -2.01. The Labute approximate surface area is 157 Å². The van der Waals surface area contributed by atoms with E-state index in [4.69, 9.17) is 4.74 Å². The van der Waals surface area contributed by atoms with Gasteiger partial charge in [0, 0.05) is 18.0 Å². The molecule has 0 aliphatic rings. The standard InChI is InChI=1S/C20H20N4OS/c1-15(17-8-10-18(25-2)11-9-17)23-24-19-12-13-21-20(22-19)26-14-16-6-4-3-5-7-16/h3-13H,14H2,1-2H3,(H,21,22,24). The number of anilines is 1. The maximum absolute atomic E-state index is 5.17. The maximum Gasteiger partial charge on any atom is 0.189 e. The molecule has 3 rings (SSSR count). The van der Waals surface area contributed by atoms with E-state index in [2.05, 4.69) is 32.6 Å². The topological polar surface area (TPSA) is 59.4 Å². The first-order valence-corrected chi connectivity index (χ1v) is 9.17. The molecule has 0 saturated carbocycles. The van der Waals surface area contributed by atoms with Crippen molar-refractivity contribution in [1.29, 1.82) is 0 Å². The smallest absolute Gasteiger partial charge is 0.189 e. The summed E-state index contributed by atoms with van der Waals surface area (Å²) >= 11 is 1.60. The maximum atomic E-state index is 5.17. The highest BCUT2D eigenvalue weighted by Gasteiger charge is 2.02. The van der Waals surface area contributed by atoms with Crippen LogP contribution in [-0.4, -0.2) is 22.8 Å². The number of aromatic nitrogens is 2. The molecule has 1 N–H and O–H groups in total. The van der Waals surface area contributed by atoms with Crippen molar-refractivity contribution in [2.24, 2.45) is 5.10 Å². The van der Waals surface area contributed by atoms with E-state index in [0.717, 1.165) is 27.9 Å². The first kappa shape index (κ1) is 17.9. The molecule has 0 bridgehead atoms. The van der Waals surface area contributed by atoms with E-state index in [1.807, 2.05) is 49.4 Å². The van der Waals surface area contributed by atoms with Gasteiger partial charge in [0.15, 0.2) is 11.0 Å². The Kier molecular flexibility index (Phi) is 6.22. The van der Waals surface area contributed by atoms with E-state index in [1.54, 1.807) is 31.1 Å². The van der Waals surface area contributed by atoms with Gasteiger partial charge in [-0.25, -0.2) is 9.97 Å². The average Bonchev–Trinajstić information content (AvgIpc) is 2.71. The summed E-state index contributed by atoms with van der Waals surface area (Å²) in [6.45, 7) is 1.95. The lowest BCUT2D eigenvalue weighted by Gasteiger charge is -2.06. The van der Waals surface area contributed by atoms with Crippen LogP contribution < -0.4 is 10.2 Å². The number of hydrazone groups is 1. The van der Waals surface area contributed by atoms with E-state index in [-0.39, 0.29) is 0 Å². The molecule has 132 valence electrons. The van der Waals surface area contributed by atoms with E-state index >= 15 is 0 Å². The summed E-state index contributed by atoms with van der Waals surface area (Å²) in [6.07, 6.45) is 1.74. The van der Waals surface area contributed by atoms with Crippen molar-refractivity contribution < 1.29 is 4.74 Å². The minimum absolute atomic E-state index is 0.670. The number of ether oxygens (including phenoxy) is 1. The molecule has 0 aliphatic heterocycles. The number of nitrogens with one attached hydrogen (secondary N) is 1. The fourth-order valence-electron chi connectivity index (χ4n) is 2.23. The molecule has 1 aromatic heterocycles. The minimum Gasteiger partial charge on any atom is -0.497 e. The van der Waals surface area contributed by atoms with Gasteiger partial charge in [-0.1, -0.05) is 42.1 Å². The molecule has 0 saturated heterocycles. The third kappa shape index (κ3) is 5.07. The van der Waals surface area contributed by atoms with Crippen molar-refractivity contribution in [3.8, 4) is 5.75 Å². The number of hydrogen-bond donors (Lipinski definition) is 1. The molecule has 5 nitrogen and oxygen atoms in total. The summed E-state index contributed by atoms with van der Waals surface area (Å²) in [6, 6.07) is 19.8. The molecular formula is C20H20N4OS. The van der Waals surface area contributed by atoms with Gasteiger partial charge in [0.05, 0.1) is 12.8 Å². The second kappa shape index (κ2) is 9.01. The molecule has 6 heteroatoms. The van der Waals surface area contributed by atoms with Gasteiger partial charge in [-0.2, -0.15) is 5.10 Å². The van der Waals surface area contributed by atoms with Crippen molar-refractivity contribution in [3.05, 3.63) is 78.0 Å². The normalized spacial score (nSPS) is 11.2. The number of hydrogen-bond acceptors (Lipinski definition) is 6. The van der Waals surface area contributed by atoms with Crippen molar-refractivity contribution in [3.63, 3.8) is 0 Å². The Balaban J connectivity index is 1.62. The van der Waals surface area contributed by atoms with Gasteiger partial charge < -0.3 is 4.74 Å². The molecule has 2 aromatic carbocycles. The van der Waals surface area contributed by atoms with Crippen LogP contribution in [0.25, 0.3) is 0 Å². The van der Waals surface area contributed by atoms with E-state index in [0.29, 0.717) is 5.82 Å². The molecule has 0 spiro atoms. The van der Waals surface area contributed by atoms with Crippen molar-refractivity contribution in [2.75, 3.05) is 12.5 Å². The number of thioether (sulfide) groups is 1. The van der Waals surface area contributed by atoms with Crippen LogP contribution in [0.1, 0.15) is 18.1 Å². The number of nitrogens with zero attached hydrogens (tertiary/aromatic N) is 3. The van der Waals surface area contributed by atoms with Crippen molar-refractivity contribution in [2.45, 2.75) is 17.8 Å². The Hall–Kier alpha value is -2.86. The molecule has 1 heterocycles. The fourth-order valence-corrected chi connectivity index (χ4v) is 3.02. The first-order chi connectivity index (χ1) is 12.7. The third-order valence-corrected chi connectivity index (χ3v) is 4.62. The highest BCUT2D eigenvalue weighted by atomic mass is 32.2. The minimum atomic E-state index is 0.670. The summed E-state index contributed by atoms with van der Waals surface area (Å²) in [5.41, 5.74) is 6.13. The van der Waals surface area contributed by atoms with E-state index < -0.39 is 0 Å². The van der Waals surface area contributed by atoms with Gasteiger partial charge in [0.25, 0.3) is 0 Å². The predicted octanol–water partition coefficient (Wildman–Crippen LogP) is 4.61. The van der Waals surface area contributed by atoms with Crippen LogP contribution >= 0.6 is 11.8 Å². The second-order valence-electron chi connectivity index (χ2n) is 5.54. The zero-order valence-electron chi connectivity index (χ0n) is 14.7. The van der Waals surface area contributed by atoms with Gasteiger partial charge in [-0.15, -0.1) is 0 Å². The second-order valence-corrected chi connectivity index (χ2v) is 6.48. The molecule has 3 aromatic rings. The van der Waals surface area contributed by atoms with Crippen LogP contribution in [0, 0.1) is 0 Å². The van der Waals surface area contributed by atoms with Gasteiger partial charge in [0.2, 0.25) is 0 Å². The molecule has 0 aliphatic carbocycles. The lowest BCUT2D eigenvalue weighted by atomic mass is 10.1. The number of benzene rings is 2. The van der Waals surface area contributed by atoms with Crippen LogP contribution in [0.15, 0.2) is 77.1 Å². The Morgan fingerprint density at radius 3 is 2.58 bits per heavy atom. The molecule has 0 atom stereocenters. The van der Waals surface area contributed by atoms with Crippen molar-refractivity contribution in [1.82, 2.24) is 9.97 Å². The van der Waals surface area contributed by atoms with Gasteiger partial charge in [0.1, 0.15) is 5.75 Å². The Bertz CT molecular complexity index is 866. The molecular weight excluding hydrogens is 344 g/mol. The highest BCUT2D eigenvalue weighted by Crippen LogP contribution is 2.20. The summed E-state index contributed by atoms with van der Waals surface area (Å²) in [7, 11) is 1.65. The fraction of sp³-hybridized carbons (Fsp3) is 0.150. The zero-order valence-corrected chi connectivity index (χ0v) is 15.5. The summed E-state index contributed by atoms with van der Waals surface area (Å²) in [5.74, 6) is 2.33. The number of methoxy groups -OCH3 is 1. The van der Waals surface area contributed by atoms with Crippen LogP contribution in [0.2, 0.25) is 0 Å². The quantitative estimate of drug-likeness (QED) is 0.287. The summed E-state index contributed by atoms with van der Waals surface area (Å²) in [5, 5.41) is 5.12. The van der Waals surface area contributed by atoms with Crippen LogP contribution in [0.5, 0.6) is 5.75 Å². The molecule has 0 fully saturated rings. The van der Waals surface area contributed by atoms with Crippen LogP contribution in [-0.2, 0) is 5.75 Å². The molecule has 26 heavy (non-hydrogen) atoms. The third-order valence-electron chi connectivity index (χ3n) is 3.69. The first-order valence-electron chi connectivity index (χ1n) is 8.19. The summed E-state index contributed by atoms with van der Waals surface area (Å²) in [4.78, 5) is 8.80. The Morgan fingerprint density at radius 1 is 1.08 bits per heavy atom. The molecule has 0 radical (unpaired) electrons. The number of rotatable bonds is 7. The van der Waals surface area contributed by atoms with Gasteiger partial charge in [-0.05, 0) is 42.3 Å². The van der Waals surface area contributed by atoms with E-state index in [1.165, 1.54) is 5.56 Å². The van der Waals surface area contributed by atoms with Gasteiger partial charge in [-0.3, -0.25) is 5.43 Å². The largest absolute Gasteiger partial charge is 0.497 e. The molecule has 0 unspecified atom stereocenters. The highest BCUT2D eigenvalue weighted by molar-refractivity contribution is 7.98. The average molecular weight is 364 g/mol. The summed E-state index contributed by atoms with van der Waals surface area (Å²) < 4.78 is 5.17. The lowest BCUT2D eigenvalue weighted by molar-refractivity contribution is 0.415. The van der Waals surface area contributed by atoms with Crippen LogP contribution in [0.4, 0.5) is 5.82 Å². The monoisotopic (exact) mass is 364 g/mol. The Morgan fingerprint density at radius 2 is 1.85 bits per heavy atom. The van der Waals surface area contributed by atoms with Gasteiger partial charge >= 0.3 is 0 Å². The molecule has 0 amide bonds. The zero-order chi connectivity index (χ0) is 18.2. The SMILES string of the molecule is COc1ccc(C(C)=NNc2ccnc(SCc3ccccc3)n2)cc1. The van der Waals surface area contributed by atoms with Crippen LogP contribution in [0.3, 0.4) is 0 Å². The van der Waals surface area contributed by atoms with Crippen molar-refractivity contribution >= 4 is 23.3 Å².